The van der Waals surface area contributed by atoms with Crippen molar-refractivity contribution in [3.63, 3.8) is 0 Å². The second-order valence-corrected chi connectivity index (χ2v) is 5.17. The van der Waals surface area contributed by atoms with Gasteiger partial charge >= 0.3 is 6.03 Å². The Morgan fingerprint density at radius 3 is 2.60 bits per heavy atom. The van der Waals surface area contributed by atoms with Crippen molar-refractivity contribution in [2.45, 2.75) is 25.4 Å². The molecule has 0 saturated heterocycles. The van der Waals surface area contributed by atoms with Crippen LogP contribution in [0.25, 0.3) is 0 Å². The van der Waals surface area contributed by atoms with Crippen molar-refractivity contribution in [1.82, 2.24) is 4.90 Å². The van der Waals surface area contributed by atoms with E-state index in [1.54, 1.807) is 7.05 Å². The van der Waals surface area contributed by atoms with Gasteiger partial charge in [0.1, 0.15) is 17.3 Å². The van der Waals surface area contributed by atoms with Crippen LogP contribution >= 0.6 is 0 Å². The normalized spacial score (nSPS) is 21.8. The van der Waals surface area contributed by atoms with E-state index in [1.807, 2.05) is 0 Å². The number of hydrogen-bond acceptors (Lipinski definition) is 2. The summed E-state index contributed by atoms with van der Waals surface area (Å²) in [4.78, 5) is 13.2. The van der Waals surface area contributed by atoms with E-state index in [-0.39, 0.29) is 5.92 Å². The Bertz CT molecular complexity index is 476. The van der Waals surface area contributed by atoms with Crippen molar-refractivity contribution in [2.75, 3.05) is 18.9 Å². The summed E-state index contributed by atoms with van der Waals surface area (Å²) in [5.41, 5.74) is -0.448. The van der Waals surface area contributed by atoms with Crippen LogP contribution in [0.3, 0.4) is 0 Å². The first kappa shape index (κ1) is 14.7. The van der Waals surface area contributed by atoms with Crippen LogP contribution in [-0.4, -0.2) is 35.7 Å². The van der Waals surface area contributed by atoms with Crippen LogP contribution < -0.4 is 5.32 Å². The van der Waals surface area contributed by atoms with Crippen LogP contribution in [-0.2, 0) is 0 Å². The number of hydrogen-bond donors (Lipinski definition) is 2. The molecule has 2 atom stereocenters. The molecule has 1 aliphatic rings. The van der Waals surface area contributed by atoms with Gasteiger partial charge in [-0.3, -0.25) is 0 Å². The van der Waals surface area contributed by atoms with E-state index in [4.69, 9.17) is 0 Å². The molecule has 1 aromatic rings. The monoisotopic (exact) mass is 284 g/mol. The first-order valence-electron chi connectivity index (χ1n) is 6.63. The lowest BCUT2D eigenvalue weighted by molar-refractivity contribution is 0.116. The second-order valence-electron chi connectivity index (χ2n) is 5.17. The van der Waals surface area contributed by atoms with Gasteiger partial charge in [-0.1, -0.05) is 12.5 Å². The zero-order chi connectivity index (χ0) is 14.7. The van der Waals surface area contributed by atoms with Gasteiger partial charge in [-0.25, -0.2) is 13.6 Å². The fourth-order valence-electron chi connectivity index (χ4n) is 2.48. The number of anilines is 1. The molecule has 1 aliphatic carbocycles. The summed E-state index contributed by atoms with van der Waals surface area (Å²) in [6.07, 6.45) is 2.12. The molecule has 110 valence electrons. The van der Waals surface area contributed by atoms with Crippen molar-refractivity contribution in [1.29, 1.82) is 0 Å². The van der Waals surface area contributed by atoms with Crippen LogP contribution in [0.5, 0.6) is 0 Å². The molecule has 0 aliphatic heterocycles. The number of carbonyl (C=O) groups excluding carboxylic acids is 1. The van der Waals surface area contributed by atoms with Crippen molar-refractivity contribution in [3.05, 3.63) is 29.8 Å². The fourth-order valence-corrected chi connectivity index (χ4v) is 2.48. The SMILES string of the molecule is CN(CC1CCCC1O)C(=O)Nc1c(F)cccc1F. The van der Waals surface area contributed by atoms with Crippen molar-refractivity contribution in [2.24, 2.45) is 5.92 Å². The molecule has 20 heavy (non-hydrogen) atoms. The lowest BCUT2D eigenvalue weighted by Crippen LogP contribution is -2.37. The Morgan fingerprint density at radius 1 is 1.40 bits per heavy atom. The largest absolute Gasteiger partial charge is 0.393 e. The van der Waals surface area contributed by atoms with E-state index < -0.39 is 29.5 Å². The van der Waals surface area contributed by atoms with Crippen molar-refractivity contribution >= 4 is 11.7 Å². The third-order valence-corrected chi connectivity index (χ3v) is 3.67. The number of halogens is 2. The molecular weight excluding hydrogens is 266 g/mol. The quantitative estimate of drug-likeness (QED) is 0.896. The molecule has 2 N–H and O–H groups in total. The first-order chi connectivity index (χ1) is 9.49. The van der Waals surface area contributed by atoms with Crippen molar-refractivity contribution in [3.8, 4) is 0 Å². The standard InChI is InChI=1S/C14H18F2N2O2/c1-18(8-9-4-2-7-12(9)19)14(20)17-13-10(15)5-3-6-11(13)16/h3,5-6,9,12,19H,2,4,7-8H2,1H3,(H,17,20). The van der Waals surface area contributed by atoms with Gasteiger partial charge in [0, 0.05) is 19.5 Å². The molecule has 0 spiro atoms. The number of urea groups is 1. The molecule has 4 nitrogen and oxygen atoms in total. The molecule has 1 aromatic carbocycles. The highest BCUT2D eigenvalue weighted by Gasteiger charge is 2.27. The van der Waals surface area contributed by atoms with Gasteiger partial charge in [0.15, 0.2) is 0 Å². The van der Waals surface area contributed by atoms with E-state index in [0.29, 0.717) is 6.54 Å². The summed E-state index contributed by atoms with van der Waals surface area (Å²) in [5.74, 6) is -1.60. The minimum atomic E-state index is -0.812. The van der Waals surface area contributed by atoms with Gasteiger partial charge in [-0.05, 0) is 25.0 Å². The number of nitrogens with zero attached hydrogens (tertiary/aromatic N) is 1. The lowest BCUT2D eigenvalue weighted by Gasteiger charge is -2.23. The minimum Gasteiger partial charge on any atom is -0.393 e. The maximum atomic E-state index is 13.4. The maximum Gasteiger partial charge on any atom is 0.321 e. The minimum absolute atomic E-state index is 0.0243. The molecule has 0 radical (unpaired) electrons. The fraction of sp³-hybridized carbons (Fsp3) is 0.500. The molecule has 1 saturated carbocycles. The Balaban J connectivity index is 1.97. The van der Waals surface area contributed by atoms with Gasteiger partial charge < -0.3 is 15.3 Å². The second kappa shape index (κ2) is 6.17. The predicted octanol–water partition coefficient (Wildman–Crippen LogP) is 2.59. The number of aliphatic hydroxyl groups is 1. The number of aliphatic hydroxyl groups excluding tert-OH is 1. The van der Waals surface area contributed by atoms with Gasteiger partial charge in [0.25, 0.3) is 0 Å². The van der Waals surface area contributed by atoms with E-state index in [9.17, 15) is 18.7 Å². The zero-order valence-electron chi connectivity index (χ0n) is 11.3. The van der Waals surface area contributed by atoms with Crippen LogP contribution in [0.4, 0.5) is 19.3 Å². The molecule has 1 fully saturated rings. The Kier molecular flexibility index (Phi) is 4.54. The van der Waals surface area contributed by atoms with Gasteiger partial charge in [0.05, 0.1) is 6.10 Å². The third kappa shape index (κ3) is 3.25. The van der Waals surface area contributed by atoms with Crippen LogP contribution in [0.2, 0.25) is 0 Å². The van der Waals surface area contributed by atoms with Gasteiger partial charge in [-0.15, -0.1) is 0 Å². The van der Waals surface area contributed by atoms with Crippen molar-refractivity contribution < 1.29 is 18.7 Å². The number of rotatable bonds is 3. The van der Waals surface area contributed by atoms with Crippen LogP contribution in [0.1, 0.15) is 19.3 Å². The highest BCUT2D eigenvalue weighted by molar-refractivity contribution is 5.89. The third-order valence-electron chi connectivity index (χ3n) is 3.67. The molecule has 0 aromatic heterocycles. The van der Waals surface area contributed by atoms with Gasteiger partial charge in [-0.2, -0.15) is 0 Å². The van der Waals surface area contributed by atoms with E-state index in [0.717, 1.165) is 31.4 Å². The lowest BCUT2D eigenvalue weighted by atomic mass is 10.1. The number of nitrogens with one attached hydrogen (secondary N) is 1. The highest BCUT2D eigenvalue weighted by Crippen LogP contribution is 2.26. The average molecular weight is 284 g/mol. The first-order valence-corrected chi connectivity index (χ1v) is 6.63. The van der Waals surface area contributed by atoms with Crippen LogP contribution in [0, 0.1) is 17.6 Å². The highest BCUT2D eigenvalue weighted by atomic mass is 19.1. The molecule has 2 amide bonds. The summed E-state index contributed by atoms with van der Waals surface area (Å²) in [5, 5.41) is 11.9. The predicted molar refractivity (Wildman–Crippen MR) is 71.4 cm³/mol. The Labute approximate surface area is 116 Å². The topological polar surface area (TPSA) is 52.6 Å². The number of para-hydroxylation sites is 1. The van der Waals surface area contributed by atoms with E-state index >= 15 is 0 Å². The Morgan fingerprint density at radius 2 is 2.05 bits per heavy atom. The zero-order valence-corrected chi connectivity index (χ0v) is 11.3. The smallest absolute Gasteiger partial charge is 0.321 e. The molecule has 6 heteroatoms. The summed E-state index contributed by atoms with van der Waals surface area (Å²) in [6.45, 7) is 0.364. The maximum absolute atomic E-state index is 13.4. The van der Waals surface area contributed by atoms with Gasteiger partial charge in [0.2, 0.25) is 0 Å². The molecular formula is C14H18F2N2O2. The molecule has 2 unspecified atom stereocenters. The number of benzene rings is 1. The molecule has 0 heterocycles. The Hall–Kier alpha value is -1.69. The number of carbonyl (C=O) groups is 1. The van der Waals surface area contributed by atoms with E-state index in [1.165, 1.54) is 11.0 Å². The van der Waals surface area contributed by atoms with E-state index in [2.05, 4.69) is 5.32 Å². The average Bonchev–Trinajstić information content (AvgIpc) is 2.79. The molecule has 2 rings (SSSR count). The number of amides is 2. The summed E-state index contributed by atoms with van der Waals surface area (Å²) < 4.78 is 26.9. The summed E-state index contributed by atoms with van der Waals surface area (Å²) >= 11 is 0. The summed E-state index contributed by atoms with van der Waals surface area (Å²) in [7, 11) is 1.54. The molecule has 0 bridgehead atoms. The van der Waals surface area contributed by atoms with Crippen LogP contribution in [0.15, 0.2) is 18.2 Å². The summed E-state index contributed by atoms with van der Waals surface area (Å²) in [6, 6.07) is 2.81.